The predicted molar refractivity (Wildman–Crippen MR) is 90.4 cm³/mol. The molecular formula is C21H16F4. The zero-order chi connectivity index (χ0) is 18.1. The van der Waals surface area contributed by atoms with Gasteiger partial charge in [-0.05, 0) is 59.4 Å². The molecule has 128 valence electrons. The molecule has 0 amide bonds. The summed E-state index contributed by atoms with van der Waals surface area (Å²) in [6, 6.07) is 12.0. The van der Waals surface area contributed by atoms with E-state index in [4.69, 9.17) is 0 Å². The Bertz CT molecular complexity index is 945. The molecule has 0 saturated carbocycles. The minimum atomic E-state index is -0.955. The monoisotopic (exact) mass is 344 g/mol. The minimum absolute atomic E-state index is 0.0581. The summed E-state index contributed by atoms with van der Waals surface area (Å²) in [6.07, 6.45) is -0.0581. The molecule has 3 aromatic rings. The van der Waals surface area contributed by atoms with E-state index in [0.717, 1.165) is 0 Å². The molecule has 3 rings (SSSR count). The van der Waals surface area contributed by atoms with Crippen molar-refractivity contribution in [1.29, 1.82) is 0 Å². The topological polar surface area (TPSA) is 0 Å². The molecule has 0 aliphatic heterocycles. The smallest absolute Gasteiger partial charge is 0.162 e. The van der Waals surface area contributed by atoms with Crippen LogP contribution in [0.5, 0.6) is 0 Å². The zero-order valence-corrected chi connectivity index (χ0v) is 13.8. The fraction of sp³-hybridized carbons (Fsp3) is 0.143. The van der Waals surface area contributed by atoms with Gasteiger partial charge in [0.05, 0.1) is 0 Å². The molecule has 0 aliphatic carbocycles. The van der Waals surface area contributed by atoms with E-state index in [9.17, 15) is 17.6 Å². The highest BCUT2D eigenvalue weighted by Crippen LogP contribution is 2.26. The van der Waals surface area contributed by atoms with E-state index in [1.54, 1.807) is 25.1 Å². The van der Waals surface area contributed by atoms with Gasteiger partial charge in [-0.25, -0.2) is 17.6 Å². The lowest BCUT2D eigenvalue weighted by Gasteiger charge is -2.09. The average Bonchev–Trinajstić information content (AvgIpc) is 2.59. The van der Waals surface area contributed by atoms with Crippen molar-refractivity contribution >= 4 is 0 Å². The first kappa shape index (κ1) is 17.2. The van der Waals surface area contributed by atoms with Crippen LogP contribution in [0.2, 0.25) is 0 Å². The van der Waals surface area contributed by atoms with Crippen LogP contribution in [0.15, 0.2) is 48.5 Å². The molecule has 0 N–H and O–H groups in total. The third-order valence-corrected chi connectivity index (χ3v) is 4.29. The van der Waals surface area contributed by atoms with Crippen molar-refractivity contribution in [1.82, 2.24) is 0 Å². The Morgan fingerprint density at radius 1 is 0.600 bits per heavy atom. The Morgan fingerprint density at radius 2 is 1.16 bits per heavy atom. The van der Waals surface area contributed by atoms with Crippen molar-refractivity contribution in [3.63, 3.8) is 0 Å². The lowest BCUT2D eigenvalue weighted by molar-refractivity contribution is 0.494. The number of hydrogen-bond donors (Lipinski definition) is 0. The molecule has 3 aromatic carbocycles. The molecule has 0 heterocycles. The van der Waals surface area contributed by atoms with Gasteiger partial charge in [-0.15, -0.1) is 0 Å². The van der Waals surface area contributed by atoms with Gasteiger partial charge < -0.3 is 0 Å². The van der Waals surface area contributed by atoms with Crippen LogP contribution in [0.1, 0.15) is 22.3 Å². The first-order valence-corrected chi connectivity index (χ1v) is 7.85. The van der Waals surface area contributed by atoms with Gasteiger partial charge in [-0.2, -0.15) is 0 Å². The van der Waals surface area contributed by atoms with Crippen LogP contribution in [-0.4, -0.2) is 0 Å². The van der Waals surface area contributed by atoms with Gasteiger partial charge in [-0.3, -0.25) is 0 Å². The molecule has 0 radical (unpaired) electrons. The summed E-state index contributed by atoms with van der Waals surface area (Å²) in [5, 5.41) is 0. The highest BCUT2D eigenvalue weighted by atomic mass is 19.2. The number of rotatable bonds is 3. The van der Waals surface area contributed by atoms with Crippen molar-refractivity contribution in [2.75, 3.05) is 0 Å². The first-order chi connectivity index (χ1) is 11.9. The average molecular weight is 344 g/mol. The second-order valence-corrected chi connectivity index (χ2v) is 6.12. The molecular weight excluding hydrogens is 328 g/mol. The van der Waals surface area contributed by atoms with Crippen molar-refractivity contribution in [3.05, 3.63) is 94.1 Å². The van der Waals surface area contributed by atoms with Crippen LogP contribution in [0.4, 0.5) is 17.6 Å². The Labute approximate surface area is 143 Å². The summed E-state index contributed by atoms with van der Waals surface area (Å²) >= 11 is 0. The Kier molecular flexibility index (Phi) is 4.62. The first-order valence-electron chi connectivity index (χ1n) is 7.85. The standard InChI is InChI=1S/C21H16F4/c1-12-3-5-14(10-18(12)22)15-7-8-16(19(23)11-15)9-17-6-4-13(2)20(24)21(17)25/h3-8,10-11H,9H2,1-2H3. The second-order valence-electron chi connectivity index (χ2n) is 6.12. The van der Waals surface area contributed by atoms with Crippen molar-refractivity contribution in [2.24, 2.45) is 0 Å². The van der Waals surface area contributed by atoms with Crippen LogP contribution in [0.3, 0.4) is 0 Å². The number of hydrogen-bond acceptors (Lipinski definition) is 0. The third kappa shape index (κ3) is 3.43. The number of halogens is 4. The number of benzene rings is 3. The summed E-state index contributed by atoms with van der Waals surface area (Å²) in [7, 11) is 0. The van der Waals surface area contributed by atoms with E-state index in [0.29, 0.717) is 16.7 Å². The van der Waals surface area contributed by atoms with E-state index < -0.39 is 17.5 Å². The van der Waals surface area contributed by atoms with E-state index in [1.807, 2.05) is 0 Å². The molecule has 0 fully saturated rings. The number of aryl methyl sites for hydroxylation is 2. The Morgan fingerprint density at radius 3 is 1.80 bits per heavy atom. The molecule has 4 heteroatoms. The maximum atomic E-state index is 14.4. The van der Waals surface area contributed by atoms with Gasteiger partial charge in [0.2, 0.25) is 0 Å². The quantitative estimate of drug-likeness (QED) is 0.502. The predicted octanol–water partition coefficient (Wildman–Crippen LogP) is 6.12. The van der Waals surface area contributed by atoms with Gasteiger partial charge in [0.25, 0.3) is 0 Å². The van der Waals surface area contributed by atoms with Crippen LogP contribution < -0.4 is 0 Å². The highest BCUT2D eigenvalue weighted by molar-refractivity contribution is 5.64. The van der Waals surface area contributed by atoms with Crippen LogP contribution in [-0.2, 0) is 6.42 Å². The summed E-state index contributed by atoms with van der Waals surface area (Å²) in [6.45, 7) is 3.12. The summed E-state index contributed by atoms with van der Waals surface area (Å²) in [4.78, 5) is 0. The van der Waals surface area contributed by atoms with Gasteiger partial charge in [0.1, 0.15) is 11.6 Å². The molecule has 0 unspecified atom stereocenters. The van der Waals surface area contributed by atoms with E-state index >= 15 is 0 Å². The normalized spacial score (nSPS) is 11.0. The fourth-order valence-electron chi connectivity index (χ4n) is 2.67. The van der Waals surface area contributed by atoms with Crippen molar-refractivity contribution in [2.45, 2.75) is 20.3 Å². The second kappa shape index (κ2) is 6.71. The molecule has 0 aromatic heterocycles. The molecule has 0 spiro atoms. The third-order valence-electron chi connectivity index (χ3n) is 4.29. The SMILES string of the molecule is Cc1ccc(-c2ccc(Cc3ccc(C)c(F)c3F)c(F)c2)cc1F. The molecule has 25 heavy (non-hydrogen) atoms. The van der Waals surface area contributed by atoms with Gasteiger partial charge in [-0.1, -0.05) is 36.4 Å². The van der Waals surface area contributed by atoms with Crippen molar-refractivity contribution in [3.8, 4) is 11.1 Å². The zero-order valence-electron chi connectivity index (χ0n) is 13.8. The highest BCUT2D eigenvalue weighted by Gasteiger charge is 2.14. The lowest BCUT2D eigenvalue weighted by atomic mass is 9.98. The van der Waals surface area contributed by atoms with Gasteiger partial charge >= 0.3 is 0 Å². The van der Waals surface area contributed by atoms with Crippen molar-refractivity contribution < 1.29 is 17.6 Å². The lowest BCUT2D eigenvalue weighted by Crippen LogP contribution is -2.00. The Balaban J connectivity index is 1.92. The molecule has 0 nitrogen and oxygen atoms in total. The van der Waals surface area contributed by atoms with Crippen LogP contribution >= 0.6 is 0 Å². The van der Waals surface area contributed by atoms with Crippen LogP contribution in [0.25, 0.3) is 11.1 Å². The summed E-state index contributed by atoms with van der Waals surface area (Å²) < 4.78 is 55.7. The van der Waals surface area contributed by atoms with Gasteiger partial charge in [0.15, 0.2) is 11.6 Å². The molecule has 0 bridgehead atoms. The summed E-state index contributed by atoms with van der Waals surface area (Å²) in [5.74, 6) is -2.77. The molecule has 0 saturated heterocycles. The van der Waals surface area contributed by atoms with Crippen LogP contribution in [0, 0.1) is 37.1 Å². The van der Waals surface area contributed by atoms with Gasteiger partial charge in [0, 0.05) is 6.42 Å². The fourth-order valence-corrected chi connectivity index (χ4v) is 2.67. The Hall–Kier alpha value is -2.62. The molecule has 0 atom stereocenters. The van der Waals surface area contributed by atoms with E-state index in [-0.39, 0.29) is 28.9 Å². The van der Waals surface area contributed by atoms with E-state index in [2.05, 4.69) is 0 Å². The summed E-state index contributed by atoms with van der Waals surface area (Å²) in [5.41, 5.74) is 2.14. The minimum Gasteiger partial charge on any atom is -0.207 e. The van der Waals surface area contributed by atoms with E-state index in [1.165, 1.54) is 37.3 Å². The molecule has 0 aliphatic rings. The maximum absolute atomic E-state index is 14.4. The largest absolute Gasteiger partial charge is 0.207 e. The maximum Gasteiger partial charge on any atom is 0.162 e.